The van der Waals surface area contributed by atoms with E-state index in [1.54, 1.807) is 6.08 Å². The van der Waals surface area contributed by atoms with Crippen molar-refractivity contribution >= 4 is 28.3 Å². The van der Waals surface area contributed by atoms with E-state index < -0.39 is 5.97 Å². The van der Waals surface area contributed by atoms with E-state index in [9.17, 15) is 4.79 Å². The highest BCUT2D eigenvalue weighted by molar-refractivity contribution is 6.30. The third-order valence-corrected chi connectivity index (χ3v) is 4.61. The molecule has 0 N–H and O–H groups in total. The molecule has 0 unspecified atom stereocenters. The molecule has 1 atom stereocenters. The quantitative estimate of drug-likeness (QED) is 0.605. The van der Waals surface area contributed by atoms with Crippen LogP contribution in [0, 0.1) is 0 Å². The Balaban J connectivity index is 1.98. The molecule has 1 aliphatic heterocycles. The van der Waals surface area contributed by atoms with Gasteiger partial charge in [0.15, 0.2) is 0 Å². The maximum Gasteiger partial charge on any atom is 0.373 e. The van der Waals surface area contributed by atoms with Gasteiger partial charge in [0, 0.05) is 16.5 Å². The van der Waals surface area contributed by atoms with Crippen LogP contribution in [0.3, 0.4) is 0 Å². The fraction of sp³-hybridized carbons (Fsp3) is 0.0952. The van der Waals surface area contributed by atoms with E-state index in [0.29, 0.717) is 10.8 Å². The number of hydrogen-bond acceptors (Lipinski definition) is 3. The van der Waals surface area contributed by atoms with Gasteiger partial charge in [0.25, 0.3) is 0 Å². The third kappa shape index (κ3) is 2.77. The predicted molar refractivity (Wildman–Crippen MR) is 98.0 cm³/mol. The molecule has 4 heteroatoms. The summed E-state index contributed by atoms with van der Waals surface area (Å²) in [5.41, 5.74) is 2.02. The fourth-order valence-electron chi connectivity index (χ4n) is 3.25. The molecule has 3 aromatic carbocycles. The lowest BCUT2D eigenvalue weighted by molar-refractivity contribution is -0.138. The summed E-state index contributed by atoms with van der Waals surface area (Å²) in [5.74, 6) is 0.204. The van der Waals surface area contributed by atoms with Gasteiger partial charge in [0.1, 0.15) is 5.75 Å². The van der Waals surface area contributed by atoms with Gasteiger partial charge in [-0.25, -0.2) is 4.79 Å². The minimum atomic E-state index is -0.495. The molecule has 0 aromatic heterocycles. The highest BCUT2D eigenvalue weighted by Crippen LogP contribution is 2.43. The van der Waals surface area contributed by atoms with Gasteiger partial charge in [0.05, 0.1) is 7.11 Å². The van der Waals surface area contributed by atoms with Crippen LogP contribution < -0.4 is 4.74 Å². The summed E-state index contributed by atoms with van der Waals surface area (Å²) in [7, 11) is 1.34. The van der Waals surface area contributed by atoms with Crippen molar-refractivity contribution in [2.24, 2.45) is 0 Å². The van der Waals surface area contributed by atoms with Crippen molar-refractivity contribution in [3.8, 4) is 5.75 Å². The van der Waals surface area contributed by atoms with Crippen LogP contribution in [0.25, 0.3) is 10.8 Å². The van der Waals surface area contributed by atoms with Crippen LogP contribution in [0.2, 0.25) is 5.02 Å². The molecule has 0 aliphatic carbocycles. The van der Waals surface area contributed by atoms with Crippen molar-refractivity contribution in [3.63, 3.8) is 0 Å². The van der Waals surface area contributed by atoms with Crippen molar-refractivity contribution in [1.82, 2.24) is 0 Å². The summed E-state index contributed by atoms with van der Waals surface area (Å²) in [6, 6.07) is 19.7. The maximum atomic E-state index is 12.0. The normalized spacial score (nSPS) is 15.9. The number of allylic oxidation sites excluding steroid dienone is 1. The molecular formula is C21H15ClO3. The number of benzene rings is 3. The summed E-state index contributed by atoms with van der Waals surface area (Å²) >= 11 is 6.19. The van der Waals surface area contributed by atoms with Crippen molar-refractivity contribution in [3.05, 3.63) is 88.6 Å². The minimum Gasteiger partial charge on any atom is -0.463 e. The molecule has 0 fully saturated rings. The molecule has 3 aromatic rings. The van der Waals surface area contributed by atoms with Crippen LogP contribution in [-0.2, 0) is 9.53 Å². The Morgan fingerprint density at radius 3 is 2.72 bits per heavy atom. The van der Waals surface area contributed by atoms with Crippen LogP contribution in [0.5, 0.6) is 5.75 Å². The Morgan fingerprint density at radius 2 is 1.92 bits per heavy atom. The first kappa shape index (κ1) is 15.7. The van der Waals surface area contributed by atoms with E-state index in [-0.39, 0.29) is 11.7 Å². The molecule has 25 heavy (non-hydrogen) atoms. The molecule has 1 heterocycles. The maximum absolute atomic E-state index is 12.0. The number of fused-ring (bicyclic) bond motifs is 3. The van der Waals surface area contributed by atoms with E-state index in [1.807, 2.05) is 48.5 Å². The van der Waals surface area contributed by atoms with Crippen LogP contribution in [0.4, 0.5) is 0 Å². The lowest BCUT2D eigenvalue weighted by Gasteiger charge is -2.26. The second-order valence-electron chi connectivity index (χ2n) is 5.86. The fourth-order valence-corrected chi connectivity index (χ4v) is 3.44. The molecule has 124 valence electrons. The Bertz CT molecular complexity index is 1010. The Morgan fingerprint density at radius 1 is 1.08 bits per heavy atom. The largest absolute Gasteiger partial charge is 0.463 e. The highest BCUT2D eigenvalue weighted by Gasteiger charge is 2.28. The number of carbonyl (C=O) groups excluding carboxylic acids is 1. The molecule has 1 aliphatic rings. The van der Waals surface area contributed by atoms with Crippen LogP contribution in [-0.4, -0.2) is 13.1 Å². The predicted octanol–water partition coefficient (Wildman–Crippen LogP) is 5.07. The topological polar surface area (TPSA) is 35.5 Å². The number of rotatable bonds is 2. The Kier molecular flexibility index (Phi) is 3.94. The van der Waals surface area contributed by atoms with E-state index in [4.69, 9.17) is 21.1 Å². The number of halogens is 1. The second-order valence-corrected chi connectivity index (χ2v) is 6.29. The van der Waals surface area contributed by atoms with E-state index in [2.05, 4.69) is 12.1 Å². The minimum absolute atomic E-state index is 0.150. The summed E-state index contributed by atoms with van der Waals surface area (Å²) in [5, 5.41) is 2.86. The number of esters is 1. The first-order valence-corrected chi connectivity index (χ1v) is 8.30. The van der Waals surface area contributed by atoms with Gasteiger partial charge in [-0.15, -0.1) is 0 Å². The molecule has 0 spiro atoms. The summed E-state index contributed by atoms with van der Waals surface area (Å²) < 4.78 is 10.7. The zero-order valence-electron chi connectivity index (χ0n) is 13.5. The summed E-state index contributed by atoms with van der Waals surface area (Å²) in [6.45, 7) is 0. The highest BCUT2D eigenvalue weighted by atomic mass is 35.5. The van der Waals surface area contributed by atoms with Crippen LogP contribution >= 0.6 is 11.6 Å². The lowest BCUT2D eigenvalue weighted by atomic mass is 9.85. The van der Waals surface area contributed by atoms with Crippen LogP contribution in [0.1, 0.15) is 17.0 Å². The first-order chi connectivity index (χ1) is 12.2. The zero-order chi connectivity index (χ0) is 17.4. The number of ether oxygens (including phenoxy) is 2. The average Bonchev–Trinajstić information content (AvgIpc) is 2.66. The smallest absolute Gasteiger partial charge is 0.373 e. The lowest BCUT2D eigenvalue weighted by Crippen LogP contribution is -2.18. The van der Waals surface area contributed by atoms with E-state index in [1.165, 1.54) is 7.11 Å². The molecule has 0 saturated carbocycles. The van der Waals surface area contributed by atoms with Gasteiger partial charge >= 0.3 is 5.97 Å². The van der Waals surface area contributed by atoms with Crippen molar-refractivity contribution in [2.45, 2.75) is 5.92 Å². The van der Waals surface area contributed by atoms with Gasteiger partial charge < -0.3 is 9.47 Å². The average molecular weight is 351 g/mol. The molecule has 0 saturated heterocycles. The van der Waals surface area contributed by atoms with E-state index >= 15 is 0 Å². The van der Waals surface area contributed by atoms with E-state index in [0.717, 1.165) is 21.9 Å². The summed E-state index contributed by atoms with van der Waals surface area (Å²) in [6.07, 6.45) is 1.80. The summed E-state index contributed by atoms with van der Waals surface area (Å²) in [4.78, 5) is 12.0. The zero-order valence-corrected chi connectivity index (χ0v) is 14.3. The van der Waals surface area contributed by atoms with Gasteiger partial charge in [-0.05, 0) is 40.6 Å². The van der Waals surface area contributed by atoms with Gasteiger partial charge in [-0.1, -0.05) is 54.1 Å². The van der Waals surface area contributed by atoms with Crippen molar-refractivity contribution in [1.29, 1.82) is 0 Å². The monoisotopic (exact) mass is 350 g/mol. The Hall–Kier alpha value is -2.78. The first-order valence-electron chi connectivity index (χ1n) is 7.92. The van der Waals surface area contributed by atoms with Gasteiger partial charge in [0.2, 0.25) is 5.76 Å². The molecule has 0 amide bonds. The third-order valence-electron chi connectivity index (χ3n) is 4.37. The van der Waals surface area contributed by atoms with Gasteiger partial charge in [-0.3, -0.25) is 0 Å². The van der Waals surface area contributed by atoms with Crippen LogP contribution in [0.15, 0.2) is 72.5 Å². The standard InChI is InChI=1S/C21H15ClO3/c1-24-21(23)19-12-17(14-6-4-7-15(22)11-14)20-16-8-3-2-5-13(16)9-10-18(20)25-19/h2-12,17H,1H3/t17-/m0/s1. The van der Waals surface area contributed by atoms with Crippen molar-refractivity contribution < 1.29 is 14.3 Å². The number of hydrogen-bond donors (Lipinski definition) is 0. The number of carbonyl (C=O) groups is 1. The van der Waals surface area contributed by atoms with Gasteiger partial charge in [-0.2, -0.15) is 0 Å². The molecule has 4 rings (SSSR count). The molecular weight excluding hydrogens is 336 g/mol. The van der Waals surface area contributed by atoms with Crippen molar-refractivity contribution in [2.75, 3.05) is 7.11 Å². The SMILES string of the molecule is COC(=O)C1=C[C@@H](c2cccc(Cl)c2)c2c(ccc3ccccc23)O1. The Labute approximate surface area is 150 Å². The molecule has 0 radical (unpaired) electrons. The molecule has 3 nitrogen and oxygen atoms in total. The number of methoxy groups -OCH3 is 1. The second kappa shape index (κ2) is 6.26. The molecule has 0 bridgehead atoms.